The molecule has 3 rings (SSSR count). The highest BCUT2D eigenvalue weighted by atomic mass is 35.5. The molecule has 0 unspecified atom stereocenters. The van der Waals surface area contributed by atoms with Gasteiger partial charge in [0.05, 0.1) is 17.6 Å². The third kappa shape index (κ3) is 5.02. The summed E-state index contributed by atoms with van der Waals surface area (Å²) in [6.07, 6.45) is 3.90. The molecule has 5 heteroatoms. The van der Waals surface area contributed by atoms with Gasteiger partial charge >= 0.3 is 0 Å². The topological polar surface area (TPSA) is 46.9 Å². The van der Waals surface area contributed by atoms with Crippen LogP contribution in [0.15, 0.2) is 60.7 Å². The lowest BCUT2D eigenvalue weighted by atomic mass is 10.1. The monoisotopic (exact) mass is 395 g/mol. The highest BCUT2D eigenvalue weighted by molar-refractivity contribution is 6.31. The molecule has 1 N–H and O–H groups in total. The van der Waals surface area contributed by atoms with Crippen LogP contribution in [0.25, 0.3) is 11.0 Å². The Morgan fingerprint density at radius 2 is 1.86 bits per heavy atom. The second kappa shape index (κ2) is 9.56. The van der Waals surface area contributed by atoms with Crippen molar-refractivity contribution in [2.45, 2.75) is 39.2 Å². The SMILES string of the molecule is C=C(C)C(=O)NCCCCCc1nc2ccccc2n1Cc1ccccc1Cl. The van der Waals surface area contributed by atoms with Crippen LogP contribution in [0.3, 0.4) is 0 Å². The van der Waals surface area contributed by atoms with Crippen molar-refractivity contribution < 1.29 is 4.79 Å². The Bertz CT molecular complexity index is 977. The lowest BCUT2D eigenvalue weighted by Gasteiger charge is -2.11. The number of hydrogen-bond donors (Lipinski definition) is 1. The van der Waals surface area contributed by atoms with Crippen LogP contribution >= 0.6 is 11.6 Å². The lowest BCUT2D eigenvalue weighted by molar-refractivity contribution is -0.117. The standard InChI is InChI=1S/C23H26ClN3O/c1-17(2)23(28)25-15-9-3-4-14-22-26-20-12-7-8-13-21(20)27(22)16-18-10-5-6-11-19(18)24/h5-8,10-13H,1,3-4,9,14-16H2,2H3,(H,25,28). The van der Waals surface area contributed by atoms with Gasteiger partial charge in [0.25, 0.3) is 0 Å². The first-order valence-electron chi connectivity index (χ1n) is 9.67. The van der Waals surface area contributed by atoms with E-state index in [0.717, 1.165) is 53.1 Å². The number of benzene rings is 2. The molecule has 1 aromatic heterocycles. The van der Waals surface area contributed by atoms with E-state index in [1.54, 1.807) is 6.92 Å². The number of hydrogen-bond acceptors (Lipinski definition) is 2. The first-order chi connectivity index (χ1) is 13.6. The molecule has 146 valence electrons. The van der Waals surface area contributed by atoms with Gasteiger partial charge in [-0.1, -0.05) is 54.9 Å². The average molecular weight is 396 g/mol. The average Bonchev–Trinajstić information content (AvgIpc) is 3.03. The Kier molecular flexibility index (Phi) is 6.88. The lowest BCUT2D eigenvalue weighted by Crippen LogP contribution is -2.24. The van der Waals surface area contributed by atoms with Gasteiger partial charge in [-0.05, 0) is 43.5 Å². The Balaban J connectivity index is 1.65. The van der Waals surface area contributed by atoms with E-state index in [9.17, 15) is 4.79 Å². The van der Waals surface area contributed by atoms with E-state index in [1.165, 1.54) is 0 Å². The fourth-order valence-corrected chi connectivity index (χ4v) is 3.42. The minimum atomic E-state index is -0.0680. The largest absolute Gasteiger partial charge is 0.352 e. The Hall–Kier alpha value is -2.59. The third-order valence-electron chi connectivity index (χ3n) is 4.77. The molecule has 0 atom stereocenters. The number of para-hydroxylation sites is 2. The maximum absolute atomic E-state index is 11.5. The van der Waals surface area contributed by atoms with E-state index in [4.69, 9.17) is 16.6 Å². The number of unbranched alkanes of at least 4 members (excludes halogenated alkanes) is 2. The summed E-state index contributed by atoms with van der Waals surface area (Å²) >= 11 is 6.38. The number of nitrogens with zero attached hydrogens (tertiary/aromatic N) is 2. The number of carbonyl (C=O) groups excluding carboxylic acids is 1. The molecule has 0 saturated heterocycles. The maximum Gasteiger partial charge on any atom is 0.246 e. The predicted octanol–water partition coefficient (Wildman–Crippen LogP) is 5.14. The molecule has 0 bridgehead atoms. The minimum Gasteiger partial charge on any atom is -0.352 e. The summed E-state index contributed by atoms with van der Waals surface area (Å²) in [5.74, 6) is 1.01. The first-order valence-corrected chi connectivity index (χ1v) is 10.1. The summed E-state index contributed by atoms with van der Waals surface area (Å²) in [7, 11) is 0. The molecule has 0 spiro atoms. The van der Waals surface area contributed by atoms with Crippen molar-refractivity contribution in [2.75, 3.05) is 6.54 Å². The van der Waals surface area contributed by atoms with E-state index >= 15 is 0 Å². The summed E-state index contributed by atoms with van der Waals surface area (Å²) in [6, 6.07) is 16.2. The Morgan fingerprint density at radius 1 is 1.11 bits per heavy atom. The van der Waals surface area contributed by atoms with Crippen LogP contribution in [0.5, 0.6) is 0 Å². The van der Waals surface area contributed by atoms with Crippen molar-refractivity contribution in [3.63, 3.8) is 0 Å². The molecule has 3 aromatic rings. The molecule has 1 amide bonds. The number of imidazole rings is 1. The van der Waals surface area contributed by atoms with Gasteiger partial charge in [-0.2, -0.15) is 0 Å². The highest BCUT2D eigenvalue weighted by Gasteiger charge is 2.12. The number of aryl methyl sites for hydroxylation is 1. The fourth-order valence-electron chi connectivity index (χ4n) is 3.23. The van der Waals surface area contributed by atoms with E-state index in [-0.39, 0.29) is 5.91 Å². The van der Waals surface area contributed by atoms with Crippen LogP contribution in [-0.4, -0.2) is 22.0 Å². The smallest absolute Gasteiger partial charge is 0.246 e. The highest BCUT2D eigenvalue weighted by Crippen LogP contribution is 2.22. The molecule has 1 heterocycles. The van der Waals surface area contributed by atoms with E-state index in [1.807, 2.05) is 30.3 Å². The third-order valence-corrected chi connectivity index (χ3v) is 5.14. The van der Waals surface area contributed by atoms with Crippen molar-refractivity contribution in [3.05, 3.63) is 77.1 Å². The second-order valence-electron chi connectivity index (χ2n) is 7.04. The number of fused-ring (bicyclic) bond motifs is 1. The molecular formula is C23H26ClN3O. The molecule has 28 heavy (non-hydrogen) atoms. The van der Waals surface area contributed by atoms with Gasteiger partial charge < -0.3 is 9.88 Å². The maximum atomic E-state index is 11.5. The van der Waals surface area contributed by atoms with Gasteiger partial charge in [0, 0.05) is 23.6 Å². The zero-order valence-electron chi connectivity index (χ0n) is 16.2. The minimum absolute atomic E-state index is 0.0680. The van der Waals surface area contributed by atoms with Gasteiger partial charge in [0.2, 0.25) is 5.91 Å². The van der Waals surface area contributed by atoms with E-state index in [0.29, 0.717) is 18.7 Å². The van der Waals surface area contributed by atoms with Gasteiger partial charge in [-0.3, -0.25) is 4.79 Å². The summed E-state index contributed by atoms with van der Waals surface area (Å²) in [5, 5.41) is 3.66. The van der Waals surface area contributed by atoms with E-state index < -0.39 is 0 Å². The summed E-state index contributed by atoms with van der Waals surface area (Å²) in [6.45, 7) is 6.76. The van der Waals surface area contributed by atoms with Crippen molar-refractivity contribution in [3.8, 4) is 0 Å². The van der Waals surface area contributed by atoms with Gasteiger partial charge in [0.15, 0.2) is 0 Å². The van der Waals surface area contributed by atoms with Crippen LogP contribution in [-0.2, 0) is 17.8 Å². The zero-order valence-corrected chi connectivity index (χ0v) is 17.0. The molecule has 0 aliphatic carbocycles. The second-order valence-corrected chi connectivity index (χ2v) is 7.45. The van der Waals surface area contributed by atoms with Crippen molar-refractivity contribution in [1.29, 1.82) is 0 Å². The number of amides is 1. The molecule has 0 radical (unpaired) electrons. The molecule has 2 aromatic carbocycles. The van der Waals surface area contributed by atoms with Crippen LogP contribution in [0, 0.1) is 0 Å². The molecular weight excluding hydrogens is 370 g/mol. The molecule has 0 saturated carbocycles. The normalized spacial score (nSPS) is 10.9. The summed E-state index contributed by atoms with van der Waals surface area (Å²) < 4.78 is 2.26. The molecule has 4 nitrogen and oxygen atoms in total. The number of aromatic nitrogens is 2. The molecule has 0 aliphatic rings. The van der Waals surface area contributed by atoms with Gasteiger partial charge in [-0.15, -0.1) is 0 Å². The van der Waals surface area contributed by atoms with Gasteiger partial charge in [-0.25, -0.2) is 4.98 Å². The Labute approximate surface area is 171 Å². The predicted molar refractivity (Wildman–Crippen MR) is 116 cm³/mol. The van der Waals surface area contributed by atoms with E-state index in [2.05, 4.69) is 34.7 Å². The summed E-state index contributed by atoms with van der Waals surface area (Å²) in [4.78, 5) is 16.4. The number of rotatable bonds is 9. The summed E-state index contributed by atoms with van der Waals surface area (Å²) in [5.41, 5.74) is 3.79. The fraction of sp³-hybridized carbons (Fsp3) is 0.304. The van der Waals surface area contributed by atoms with Crippen LogP contribution < -0.4 is 5.32 Å². The van der Waals surface area contributed by atoms with Crippen LogP contribution in [0.2, 0.25) is 5.02 Å². The quantitative estimate of drug-likeness (QED) is 0.402. The van der Waals surface area contributed by atoms with Crippen LogP contribution in [0.4, 0.5) is 0 Å². The van der Waals surface area contributed by atoms with Crippen molar-refractivity contribution >= 4 is 28.5 Å². The zero-order chi connectivity index (χ0) is 19.9. The van der Waals surface area contributed by atoms with Crippen LogP contribution in [0.1, 0.15) is 37.6 Å². The molecule has 0 fully saturated rings. The number of nitrogens with one attached hydrogen (secondary N) is 1. The first kappa shape index (κ1) is 20.2. The van der Waals surface area contributed by atoms with Crippen molar-refractivity contribution in [1.82, 2.24) is 14.9 Å². The molecule has 0 aliphatic heterocycles. The van der Waals surface area contributed by atoms with Crippen molar-refractivity contribution in [2.24, 2.45) is 0 Å². The number of carbonyl (C=O) groups is 1. The van der Waals surface area contributed by atoms with Gasteiger partial charge in [0.1, 0.15) is 5.82 Å². The Morgan fingerprint density at radius 3 is 2.64 bits per heavy atom. The number of halogens is 1.